The first-order valence-corrected chi connectivity index (χ1v) is 8.72. The number of hydrogen-bond acceptors (Lipinski definition) is 6. The summed E-state index contributed by atoms with van der Waals surface area (Å²) >= 11 is 0. The average molecular weight is 370 g/mol. The zero-order chi connectivity index (χ0) is 19.6. The van der Waals surface area contributed by atoms with E-state index in [0.717, 1.165) is 11.3 Å². The quantitative estimate of drug-likeness (QED) is 0.715. The monoisotopic (exact) mass is 370 g/mol. The number of nitrogens with one attached hydrogen (secondary N) is 1. The highest BCUT2D eigenvalue weighted by Gasteiger charge is 2.24. The molecule has 3 rings (SSSR count). The third-order valence-electron chi connectivity index (χ3n) is 4.49. The van der Waals surface area contributed by atoms with Crippen molar-refractivity contribution in [2.75, 3.05) is 7.11 Å². The van der Waals surface area contributed by atoms with Crippen molar-refractivity contribution in [3.8, 4) is 5.75 Å². The Kier molecular flexibility index (Phi) is 5.25. The average Bonchev–Trinajstić information content (AvgIpc) is 3.03. The molecule has 1 aromatic carbocycles. The maximum Gasteiger partial charge on any atom is 0.267 e. The topological polar surface area (TPSA) is 99.2 Å². The molecule has 0 aliphatic heterocycles. The SMILES string of the molecule is CC[C@H](C(=O)NCc1cccc(OC)c1)n1c(C)nc2onc(C)c2c1=O. The number of carbonyl (C=O) groups is 1. The number of ether oxygens (including phenoxy) is 1. The Hall–Kier alpha value is -3.16. The first kappa shape index (κ1) is 18.6. The number of aromatic nitrogens is 3. The summed E-state index contributed by atoms with van der Waals surface area (Å²) < 4.78 is 11.7. The lowest BCUT2D eigenvalue weighted by Crippen LogP contribution is -2.38. The van der Waals surface area contributed by atoms with Crippen molar-refractivity contribution in [2.24, 2.45) is 0 Å². The van der Waals surface area contributed by atoms with Crippen LogP contribution in [0.1, 0.15) is 36.5 Å². The van der Waals surface area contributed by atoms with Crippen molar-refractivity contribution >= 4 is 17.0 Å². The van der Waals surface area contributed by atoms with Crippen LogP contribution >= 0.6 is 0 Å². The Morgan fingerprint density at radius 3 is 2.85 bits per heavy atom. The molecule has 1 N–H and O–H groups in total. The van der Waals surface area contributed by atoms with Gasteiger partial charge in [-0.25, -0.2) is 0 Å². The molecule has 8 nitrogen and oxygen atoms in total. The van der Waals surface area contributed by atoms with Crippen molar-refractivity contribution < 1.29 is 14.1 Å². The fourth-order valence-electron chi connectivity index (χ4n) is 3.09. The maximum absolute atomic E-state index is 12.9. The lowest BCUT2D eigenvalue weighted by Gasteiger charge is -2.19. The summed E-state index contributed by atoms with van der Waals surface area (Å²) in [7, 11) is 1.59. The number of hydrogen-bond donors (Lipinski definition) is 1. The Morgan fingerprint density at radius 1 is 1.37 bits per heavy atom. The van der Waals surface area contributed by atoms with E-state index in [1.807, 2.05) is 31.2 Å². The largest absolute Gasteiger partial charge is 0.497 e. The van der Waals surface area contributed by atoms with Gasteiger partial charge in [-0.3, -0.25) is 14.2 Å². The molecule has 2 aromatic heterocycles. The number of fused-ring (bicyclic) bond motifs is 1. The number of nitrogens with zero attached hydrogens (tertiary/aromatic N) is 3. The van der Waals surface area contributed by atoms with Crippen molar-refractivity contribution in [2.45, 2.75) is 39.8 Å². The van der Waals surface area contributed by atoms with Crippen molar-refractivity contribution in [3.63, 3.8) is 0 Å². The Morgan fingerprint density at radius 2 is 2.15 bits per heavy atom. The molecule has 0 saturated carbocycles. The third-order valence-corrected chi connectivity index (χ3v) is 4.49. The van der Waals surface area contributed by atoms with E-state index in [0.29, 0.717) is 29.9 Å². The van der Waals surface area contributed by atoms with Gasteiger partial charge < -0.3 is 14.6 Å². The number of carbonyl (C=O) groups excluding carboxylic acids is 1. The van der Waals surface area contributed by atoms with E-state index in [2.05, 4.69) is 15.5 Å². The molecule has 0 fully saturated rings. The van der Waals surface area contributed by atoms with Gasteiger partial charge in [-0.1, -0.05) is 24.2 Å². The molecule has 1 atom stereocenters. The molecule has 0 bridgehead atoms. The molecule has 8 heteroatoms. The smallest absolute Gasteiger partial charge is 0.267 e. The number of rotatable bonds is 6. The maximum atomic E-state index is 12.9. The lowest BCUT2D eigenvalue weighted by molar-refractivity contribution is -0.124. The minimum absolute atomic E-state index is 0.192. The summed E-state index contributed by atoms with van der Waals surface area (Å²) in [5, 5.41) is 6.99. The zero-order valence-electron chi connectivity index (χ0n) is 15.8. The molecule has 1 amide bonds. The molecule has 0 aliphatic rings. The minimum atomic E-state index is -0.672. The van der Waals surface area contributed by atoms with Gasteiger partial charge in [0.25, 0.3) is 11.3 Å². The van der Waals surface area contributed by atoms with Gasteiger partial charge in [-0.05, 0) is 38.0 Å². The van der Waals surface area contributed by atoms with Gasteiger partial charge in [-0.2, -0.15) is 4.98 Å². The molecule has 3 aromatic rings. The first-order valence-electron chi connectivity index (χ1n) is 8.72. The highest BCUT2D eigenvalue weighted by atomic mass is 16.5. The van der Waals surface area contributed by atoms with Crippen LogP contribution in [-0.2, 0) is 11.3 Å². The molecule has 0 unspecified atom stereocenters. The molecule has 0 radical (unpaired) electrons. The second kappa shape index (κ2) is 7.61. The third kappa shape index (κ3) is 3.55. The van der Waals surface area contributed by atoms with Crippen LogP contribution in [0.4, 0.5) is 0 Å². The van der Waals surface area contributed by atoms with Gasteiger partial charge >= 0.3 is 0 Å². The van der Waals surface area contributed by atoms with Gasteiger partial charge in [0.05, 0.1) is 12.8 Å². The molecule has 2 heterocycles. The molecule has 0 saturated heterocycles. The molecule has 27 heavy (non-hydrogen) atoms. The van der Waals surface area contributed by atoms with Crippen LogP contribution in [0.2, 0.25) is 0 Å². The Balaban J connectivity index is 1.88. The van der Waals surface area contributed by atoms with Gasteiger partial charge in [0.1, 0.15) is 23.0 Å². The molecular formula is C19H22N4O4. The summed E-state index contributed by atoms with van der Waals surface area (Å²) in [4.78, 5) is 30.0. The number of amides is 1. The van der Waals surface area contributed by atoms with Crippen LogP contribution in [0.25, 0.3) is 11.1 Å². The van der Waals surface area contributed by atoms with Crippen LogP contribution in [0.5, 0.6) is 5.75 Å². The van der Waals surface area contributed by atoms with Gasteiger partial charge in [0, 0.05) is 6.54 Å². The van der Waals surface area contributed by atoms with E-state index < -0.39 is 6.04 Å². The van der Waals surface area contributed by atoms with Crippen LogP contribution in [0.3, 0.4) is 0 Å². The van der Waals surface area contributed by atoms with Crippen LogP contribution in [0.15, 0.2) is 33.6 Å². The van der Waals surface area contributed by atoms with Crippen molar-refractivity contribution in [1.29, 1.82) is 0 Å². The van der Waals surface area contributed by atoms with Gasteiger partial charge in [0.15, 0.2) is 0 Å². The number of aryl methyl sites for hydroxylation is 2. The van der Waals surface area contributed by atoms with E-state index >= 15 is 0 Å². The highest BCUT2D eigenvalue weighted by Crippen LogP contribution is 2.17. The minimum Gasteiger partial charge on any atom is -0.497 e. The van der Waals surface area contributed by atoms with Crippen LogP contribution < -0.4 is 15.6 Å². The van der Waals surface area contributed by atoms with E-state index in [4.69, 9.17) is 9.26 Å². The van der Waals surface area contributed by atoms with Crippen molar-refractivity contribution in [1.82, 2.24) is 20.0 Å². The standard InChI is InChI=1S/C19H22N4O4/c1-5-15(17(24)20-10-13-7-6-8-14(9-13)26-4)23-12(3)21-18-16(19(23)25)11(2)22-27-18/h6-9,15H,5,10H2,1-4H3,(H,20,24)/t15-/m1/s1. The van der Waals surface area contributed by atoms with E-state index in [9.17, 15) is 9.59 Å². The fourth-order valence-corrected chi connectivity index (χ4v) is 3.09. The second-order valence-electron chi connectivity index (χ2n) is 6.28. The van der Waals surface area contributed by atoms with Gasteiger partial charge in [-0.15, -0.1) is 0 Å². The normalized spacial score (nSPS) is 12.1. The zero-order valence-corrected chi connectivity index (χ0v) is 15.8. The lowest BCUT2D eigenvalue weighted by atomic mass is 10.1. The fraction of sp³-hybridized carbons (Fsp3) is 0.368. The molecule has 142 valence electrons. The molecule has 0 aliphatic carbocycles. The number of methoxy groups -OCH3 is 1. The predicted octanol–water partition coefficient (Wildman–Crippen LogP) is 2.28. The van der Waals surface area contributed by atoms with Gasteiger partial charge in [0.2, 0.25) is 5.91 Å². The summed E-state index contributed by atoms with van der Waals surface area (Å²) in [5.41, 5.74) is 1.24. The van der Waals surface area contributed by atoms with E-state index in [1.54, 1.807) is 21.0 Å². The Labute approximate surface area is 156 Å². The first-order chi connectivity index (χ1) is 13.0. The summed E-state index contributed by atoms with van der Waals surface area (Å²) in [5.74, 6) is 0.881. The summed E-state index contributed by atoms with van der Waals surface area (Å²) in [6.45, 7) is 5.55. The second-order valence-corrected chi connectivity index (χ2v) is 6.28. The van der Waals surface area contributed by atoms with E-state index in [1.165, 1.54) is 4.57 Å². The summed E-state index contributed by atoms with van der Waals surface area (Å²) in [6, 6.07) is 6.78. The highest BCUT2D eigenvalue weighted by molar-refractivity contribution is 5.81. The van der Waals surface area contributed by atoms with Crippen LogP contribution in [0, 0.1) is 13.8 Å². The summed E-state index contributed by atoms with van der Waals surface area (Å²) in [6.07, 6.45) is 0.447. The molecule has 0 spiro atoms. The predicted molar refractivity (Wildman–Crippen MR) is 99.7 cm³/mol. The van der Waals surface area contributed by atoms with Crippen LogP contribution in [-0.4, -0.2) is 27.7 Å². The number of benzene rings is 1. The van der Waals surface area contributed by atoms with Crippen molar-refractivity contribution in [3.05, 3.63) is 51.7 Å². The molecular weight excluding hydrogens is 348 g/mol. The Bertz CT molecular complexity index is 1040. The van der Waals surface area contributed by atoms with E-state index in [-0.39, 0.29) is 17.2 Å².